The molecule has 34 heavy (non-hydrogen) atoms. The molecule has 6 nitrogen and oxygen atoms in total. The van der Waals surface area contributed by atoms with Crippen LogP contribution in [-0.2, 0) is 22.6 Å². The summed E-state index contributed by atoms with van der Waals surface area (Å²) in [5.74, 6) is -1.25. The molecule has 2 aliphatic heterocycles. The van der Waals surface area contributed by atoms with Crippen LogP contribution < -0.4 is 10.2 Å². The Morgan fingerprint density at radius 1 is 0.912 bits per heavy atom. The van der Waals surface area contributed by atoms with Crippen LogP contribution >= 0.6 is 27.5 Å². The monoisotopic (exact) mass is 535 g/mol. The molecule has 3 amide bonds. The molecule has 0 atom stereocenters. The Hall–Kier alpha value is -3.42. The predicted molar refractivity (Wildman–Crippen MR) is 134 cm³/mol. The second kappa shape index (κ2) is 9.08. The van der Waals surface area contributed by atoms with Gasteiger partial charge >= 0.3 is 0 Å². The van der Waals surface area contributed by atoms with Crippen molar-refractivity contribution in [1.29, 1.82) is 0 Å². The molecule has 0 radical (unpaired) electrons. The van der Waals surface area contributed by atoms with Gasteiger partial charge in [0.1, 0.15) is 10.7 Å². The first kappa shape index (κ1) is 22.4. The molecular formula is C26H19BrClN3O3. The number of amides is 3. The van der Waals surface area contributed by atoms with E-state index in [1.165, 1.54) is 5.56 Å². The van der Waals surface area contributed by atoms with Gasteiger partial charge in [0.15, 0.2) is 0 Å². The van der Waals surface area contributed by atoms with Crippen molar-refractivity contribution in [1.82, 2.24) is 4.90 Å². The van der Waals surface area contributed by atoms with Gasteiger partial charge in [-0.25, -0.2) is 4.90 Å². The number of hydrogen-bond donors (Lipinski definition) is 1. The van der Waals surface area contributed by atoms with Crippen LogP contribution in [0.5, 0.6) is 0 Å². The summed E-state index contributed by atoms with van der Waals surface area (Å²) in [6, 6.07) is 21.8. The average molecular weight is 537 g/mol. The van der Waals surface area contributed by atoms with Crippen LogP contribution in [0, 0.1) is 0 Å². The van der Waals surface area contributed by atoms with Crippen molar-refractivity contribution in [3.63, 3.8) is 0 Å². The van der Waals surface area contributed by atoms with Crippen LogP contribution in [0.2, 0.25) is 0 Å². The molecule has 2 heterocycles. The number of hydrogen-bond acceptors (Lipinski definition) is 4. The Labute approximate surface area is 209 Å². The van der Waals surface area contributed by atoms with E-state index < -0.39 is 11.8 Å². The summed E-state index contributed by atoms with van der Waals surface area (Å²) in [5, 5.41) is 2.75. The molecule has 170 valence electrons. The van der Waals surface area contributed by atoms with E-state index in [1.54, 1.807) is 48.5 Å². The second-order valence-electron chi connectivity index (χ2n) is 8.06. The first-order valence-electron chi connectivity index (χ1n) is 10.7. The van der Waals surface area contributed by atoms with Gasteiger partial charge in [-0.3, -0.25) is 14.4 Å². The molecule has 0 bridgehead atoms. The molecular weight excluding hydrogens is 518 g/mol. The SMILES string of the molecule is O=C(c1cccc(NC2=C(Cl)C(=O)N(c3ccc(Br)cc3)C2=O)c1)N1CCc2ccccc2C1. The number of fused-ring (bicyclic) bond motifs is 1. The molecule has 0 spiro atoms. The summed E-state index contributed by atoms with van der Waals surface area (Å²) < 4.78 is 0.825. The van der Waals surface area contributed by atoms with Crippen LogP contribution in [0.3, 0.4) is 0 Å². The maximum Gasteiger partial charge on any atom is 0.283 e. The Morgan fingerprint density at radius 3 is 2.41 bits per heavy atom. The van der Waals surface area contributed by atoms with E-state index in [0.717, 1.165) is 21.4 Å². The van der Waals surface area contributed by atoms with Crippen molar-refractivity contribution >= 4 is 56.6 Å². The van der Waals surface area contributed by atoms with Crippen LogP contribution in [-0.4, -0.2) is 29.2 Å². The minimum atomic E-state index is -0.601. The molecule has 0 saturated heterocycles. The topological polar surface area (TPSA) is 69.7 Å². The number of nitrogens with one attached hydrogen (secondary N) is 1. The van der Waals surface area contributed by atoms with Gasteiger partial charge in [0.25, 0.3) is 17.7 Å². The van der Waals surface area contributed by atoms with Crippen molar-refractivity contribution in [2.75, 3.05) is 16.8 Å². The molecule has 8 heteroatoms. The summed E-state index contributed by atoms with van der Waals surface area (Å²) >= 11 is 9.58. The third-order valence-electron chi connectivity index (χ3n) is 5.91. The highest BCUT2D eigenvalue weighted by molar-refractivity contribution is 9.10. The molecule has 0 aliphatic carbocycles. The summed E-state index contributed by atoms with van der Waals surface area (Å²) in [6.45, 7) is 1.19. The van der Waals surface area contributed by atoms with Gasteiger partial charge in [-0.2, -0.15) is 0 Å². The van der Waals surface area contributed by atoms with Gasteiger partial charge < -0.3 is 10.2 Å². The maximum atomic E-state index is 13.2. The van der Waals surface area contributed by atoms with Crippen LogP contribution in [0.25, 0.3) is 0 Å². The minimum Gasteiger partial charge on any atom is -0.350 e. The smallest absolute Gasteiger partial charge is 0.283 e. The summed E-state index contributed by atoms with van der Waals surface area (Å²) in [6.07, 6.45) is 0.810. The van der Waals surface area contributed by atoms with Gasteiger partial charge in [0.05, 0.1) is 5.69 Å². The largest absolute Gasteiger partial charge is 0.350 e. The number of carbonyl (C=O) groups is 3. The van der Waals surface area contributed by atoms with Crippen molar-refractivity contribution in [2.24, 2.45) is 0 Å². The lowest BCUT2D eigenvalue weighted by Gasteiger charge is -2.29. The van der Waals surface area contributed by atoms with Gasteiger partial charge in [0.2, 0.25) is 0 Å². The van der Waals surface area contributed by atoms with Gasteiger partial charge in [-0.05, 0) is 60.0 Å². The Kier molecular flexibility index (Phi) is 5.98. The lowest BCUT2D eigenvalue weighted by atomic mass is 9.99. The van der Waals surface area contributed by atoms with Crippen molar-refractivity contribution in [3.05, 3.63) is 105 Å². The van der Waals surface area contributed by atoms with E-state index in [0.29, 0.717) is 30.0 Å². The number of imide groups is 1. The van der Waals surface area contributed by atoms with Gasteiger partial charge in [-0.1, -0.05) is 57.9 Å². The highest BCUT2D eigenvalue weighted by atomic mass is 79.9. The van der Waals surface area contributed by atoms with Crippen molar-refractivity contribution in [3.8, 4) is 0 Å². The third-order valence-corrected chi connectivity index (χ3v) is 6.79. The number of benzene rings is 3. The third kappa shape index (κ3) is 4.13. The molecule has 5 rings (SSSR count). The Bertz CT molecular complexity index is 1350. The summed E-state index contributed by atoms with van der Waals surface area (Å²) in [4.78, 5) is 41.7. The lowest BCUT2D eigenvalue weighted by molar-refractivity contribution is -0.120. The number of carbonyl (C=O) groups excluding carboxylic acids is 3. The standard InChI is InChI=1S/C26H19BrClN3O3/c27-19-8-10-21(11-9-19)31-25(33)22(28)23(26(31)34)29-20-7-3-6-17(14-20)24(32)30-13-12-16-4-1-2-5-18(16)15-30/h1-11,14,29H,12-13,15H2. The van der Waals surface area contributed by atoms with Gasteiger partial charge in [-0.15, -0.1) is 0 Å². The van der Waals surface area contributed by atoms with E-state index in [4.69, 9.17) is 11.6 Å². The zero-order chi connectivity index (χ0) is 23.8. The Morgan fingerprint density at radius 2 is 1.65 bits per heavy atom. The van der Waals surface area contributed by atoms with E-state index in [2.05, 4.69) is 27.3 Å². The second-order valence-corrected chi connectivity index (χ2v) is 9.36. The number of anilines is 2. The van der Waals surface area contributed by atoms with Crippen molar-refractivity contribution in [2.45, 2.75) is 13.0 Å². The van der Waals surface area contributed by atoms with E-state index in [-0.39, 0.29) is 16.6 Å². The molecule has 0 unspecified atom stereocenters. The van der Waals surface area contributed by atoms with E-state index in [9.17, 15) is 14.4 Å². The summed E-state index contributed by atoms with van der Waals surface area (Å²) in [5.41, 5.74) is 3.80. The fourth-order valence-corrected chi connectivity index (χ4v) is 4.64. The van der Waals surface area contributed by atoms with Crippen LogP contribution in [0.4, 0.5) is 11.4 Å². The molecule has 0 fully saturated rings. The van der Waals surface area contributed by atoms with E-state index >= 15 is 0 Å². The lowest BCUT2D eigenvalue weighted by Crippen LogP contribution is -2.36. The number of nitrogens with zero attached hydrogens (tertiary/aromatic N) is 2. The maximum absolute atomic E-state index is 13.2. The number of rotatable bonds is 4. The minimum absolute atomic E-state index is 0.0221. The van der Waals surface area contributed by atoms with E-state index in [1.807, 2.05) is 23.1 Å². The first-order chi connectivity index (χ1) is 16.4. The fraction of sp³-hybridized carbons (Fsp3) is 0.115. The fourth-order valence-electron chi connectivity index (χ4n) is 4.16. The van der Waals surface area contributed by atoms with Crippen LogP contribution in [0.1, 0.15) is 21.5 Å². The van der Waals surface area contributed by atoms with Gasteiger partial charge in [0, 0.05) is 28.8 Å². The molecule has 1 N–H and O–H groups in total. The molecule has 2 aliphatic rings. The highest BCUT2D eigenvalue weighted by Gasteiger charge is 2.39. The van der Waals surface area contributed by atoms with Crippen molar-refractivity contribution < 1.29 is 14.4 Å². The predicted octanol–water partition coefficient (Wildman–Crippen LogP) is 5.08. The molecule has 3 aromatic carbocycles. The normalized spacial score (nSPS) is 15.6. The molecule has 0 saturated carbocycles. The number of halogens is 2. The van der Waals surface area contributed by atoms with Crippen LogP contribution in [0.15, 0.2) is 88.0 Å². The highest BCUT2D eigenvalue weighted by Crippen LogP contribution is 2.31. The summed E-state index contributed by atoms with van der Waals surface area (Å²) in [7, 11) is 0. The zero-order valence-corrected chi connectivity index (χ0v) is 20.3. The molecule has 0 aromatic heterocycles. The Balaban J connectivity index is 1.35. The molecule has 3 aromatic rings. The average Bonchev–Trinajstić information content (AvgIpc) is 3.07. The zero-order valence-electron chi connectivity index (χ0n) is 17.9. The quantitative estimate of drug-likeness (QED) is 0.472. The first-order valence-corrected chi connectivity index (χ1v) is 11.9.